The van der Waals surface area contributed by atoms with E-state index >= 15 is 0 Å². The fourth-order valence-electron chi connectivity index (χ4n) is 0.829. The second-order valence-electron chi connectivity index (χ2n) is 2.17. The van der Waals surface area contributed by atoms with Crippen LogP contribution in [-0.4, -0.2) is 6.54 Å². The van der Waals surface area contributed by atoms with Crippen molar-refractivity contribution in [3.63, 3.8) is 0 Å². The van der Waals surface area contributed by atoms with E-state index in [1.165, 1.54) is 0 Å². The molecule has 2 heteroatoms. The lowest BCUT2D eigenvalue weighted by atomic mass is 10.1. The largest absolute Gasteiger partial charge is 0.356 e. The van der Waals surface area contributed by atoms with Gasteiger partial charge in [0.15, 0.2) is 0 Å². The maximum atomic E-state index is 5.93. The fourth-order valence-corrected chi connectivity index (χ4v) is 0.974. The Labute approximate surface area is 65.8 Å². The molecule has 0 heterocycles. The lowest BCUT2D eigenvalue weighted by Gasteiger charge is -2.02. The van der Waals surface area contributed by atoms with Crippen LogP contribution < -0.4 is 5.73 Å². The first kappa shape index (κ1) is 7.58. The van der Waals surface area contributed by atoms with Crippen molar-refractivity contribution in [2.75, 3.05) is 6.54 Å². The molecule has 1 aromatic rings. The van der Waals surface area contributed by atoms with Crippen molar-refractivity contribution in [2.24, 2.45) is 0 Å². The molecule has 1 unspecified atom stereocenters. The Kier molecular flexibility index (Phi) is 2.72. The van der Waals surface area contributed by atoms with E-state index in [-0.39, 0.29) is 5.38 Å². The number of rotatable bonds is 2. The molecule has 0 fully saturated rings. The summed E-state index contributed by atoms with van der Waals surface area (Å²) in [7, 11) is 0. The molecule has 0 aliphatic rings. The molecule has 1 atom stereocenters. The average molecular weight is 157 g/mol. The molecule has 0 aliphatic carbocycles. The first-order valence-corrected chi connectivity index (χ1v) is 3.76. The molecule has 54 valence electrons. The van der Waals surface area contributed by atoms with Crippen LogP contribution in [0, 0.1) is 0 Å². The van der Waals surface area contributed by atoms with Gasteiger partial charge in [-0.2, -0.15) is 0 Å². The standard InChI is InChI=1S/C8H10ClN/c9-8(6-10)7-4-2-1-3-5-7/h1-5,8H,6,10H2/p+1. The predicted molar refractivity (Wildman–Crippen MR) is 42.8 cm³/mol. The second kappa shape index (κ2) is 3.59. The summed E-state index contributed by atoms with van der Waals surface area (Å²) in [4.78, 5) is 0. The second-order valence-corrected chi connectivity index (χ2v) is 2.69. The smallest absolute Gasteiger partial charge is 0.107 e. The van der Waals surface area contributed by atoms with E-state index in [9.17, 15) is 0 Å². The Hall–Kier alpha value is -0.530. The van der Waals surface area contributed by atoms with Crippen LogP contribution in [0.25, 0.3) is 0 Å². The van der Waals surface area contributed by atoms with Gasteiger partial charge >= 0.3 is 0 Å². The monoisotopic (exact) mass is 156 g/mol. The quantitative estimate of drug-likeness (QED) is 0.624. The molecule has 0 saturated carbocycles. The molecule has 0 saturated heterocycles. The first-order valence-electron chi connectivity index (χ1n) is 3.33. The van der Waals surface area contributed by atoms with Gasteiger partial charge in [0.2, 0.25) is 0 Å². The highest BCUT2D eigenvalue weighted by Gasteiger charge is 2.04. The summed E-state index contributed by atoms with van der Waals surface area (Å²) in [6.45, 7) is 0.742. The van der Waals surface area contributed by atoms with E-state index in [1.54, 1.807) is 0 Å². The molecule has 3 N–H and O–H groups in total. The van der Waals surface area contributed by atoms with Gasteiger partial charge in [-0.1, -0.05) is 30.3 Å². The van der Waals surface area contributed by atoms with Gasteiger partial charge in [-0.15, -0.1) is 11.6 Å². The van der Waals surface area contributed by atoms with Crippen molar-refractivity contribution < 1.29 is 5.73 Å². The van der Waals surface area contributed by atoms with Crippen LogP contribution >= 0.6 is 11.6 Å². The van der Waals surface area contributed by atoms with Crippen molar-refractivity contribution >= 4 is 11.6 Å². The predicted octanol–water partition coefficient (Wildman–Crippen LogP) is 1.21. The van der Waals surface area contributed by atoms with Crippen molar-refractivity contribution in [3.05, 3.63) is 35.9 Å². The highest BCUT2D eigenvalue weighted by atomic mass is 35.5. The van der Waals surface area contributed by atoms with Gasteiger partial charge < -0.3 is 5.73 Å². The summed E-state index contributed by atoms with van der Waals surface area (Å²) in [6.07, 6.45) is 0. The van der Waals surface area contributed by atoms with E-state index < -0.39 is 0 Å². The molecule has 0 aliphatic heterocycles. The summed E-state index contributed by atoms with van der Waals surface area (Å²) in [5.41, 5.74) is 4.88. The van der Waals surface area contributed by atoms with Crippen molar-refractivity contribution in [1.29, 1.82) is 0 Å². The minimum atomic E-state index is 0.0706. The zero-order chi connectivity index (χ0) is 7.40. The average Bonchev–Trinajstić information content (AvgIpc) is 2.05. The van der Waals surface area contributed by atoms with Crippen LogP contribution in [0.4, 0.5) is 0 Å². The van der Waals surface area contributed by atoms with Crippen LogP contribution in [0.3, 0.4) is 0 Å². The highest BCUT2D eigenvalue weighted by molar-refractivity contribution is 6.20. The van der Waals surface area contributed by atoms with Crippen LogP contribution in [0.15, 0.2) is 30.3 Å². The molecule has 0 radical (unpaired) electrons. The molecule has 1 rings (SSSR count). The van der Waals surface area contributed by atoms with E-state index in [2.05, 4.69) is 5.73 Å². The highest BCUT2D eigenvalue weighted by Crippen LogP contribution is 2.16. The summed E-state index contributed by atoms with van der Waals surface area (Å²) in [5, 5.41) is 0.0706. The minimum Gasteiger partial charge on any atom is -0.356 e. The lowest BCUT2D eigenvalue weighted by molar-refractivity contribution is -0.367. The summed E-state index contributed by atoms with van der Waals surface area (Å²) in [5.74, 6) is 0. The van der Waals surface area contributed by atoms with E-state index in [1.807, 2.05) is 30.3 Å². The zero-order valence-electron chi connectivity index (χ0n) is 5.76. The van der Waals surface area contributed by atoms with E-state index in [0.717, 1.165) is 12.1 Å². The SMILES string of the molecule is [NH3+]CC(Cl)c1ccccc1. The third kappa shape index (κ3) is 1.72. The Morgan fingerprint density at radius 1 is 1.30 bits per heavy atom. The molecule has 0 aromatic heterocycles. The van der Waals surface area contributed by atoms with Crippen LogP contribution in [0.5, 0.6) is 0 Å². The van der Waals surface area contributed by atoms with Crippen LogP contribution in [0.1, 0.15) is 10.9 Å². The van der Waals surface area contributed by atoms with Crippen molar-refractivity contribution in [3.8, 4) is 0 Å². The van der Waals surface area contributed by atoms with E-state index in [0.29, 0.717) is 0 Å². The van der Waals surface area contributed by atoms with Crippen LogP contribution in [0.2, 0.25) is 0 Å². The number of quaternary nitrogens is 1. The molecular weight excluding hydrogens is 146 g/mol. The molecule has 0 bridgehead atoms. The lowest BCUT2D eigenvalue weighted by Crippen LogP contribution is -2.51. The van der Waals surface area contributed by atoms with Gasteiger partial charge in [-0.25, -0.2) is 0 Å². The first-order chi connectivity index (χ1) is 4.84. The molecule has 0 amide bonds. The Morgan fingerprint density at radius 2 is 1.90 bits per heavy atom. The third-order valence-electron chi connectivity index (χ3n) is 1.41. The van der Waals surface area contributed by atoms with Gasteiger partial charge in [0.25, 0.3) is 0 Å². The molecule has 1 nitrogen and oxygen atoms in total. The topological polar surface area (TPSA) is 27.6 Å². The maximum absolute atomic E-state index is 5.93. The van der Waals surface area contributed by atoms with Crippen molar-refractivity contribution in [1.82, 2.24) is 0 Å². The number of hydrogen-bond donors (Lipinski definition) is 1. The number of halogens is 1. The molecule has 0 spiro atoms. The van der Waals surface area contributed by atoms with Gasteiger partial charge in [0, 0.05) is 0 Å². The molecule has 10 heavy (non-hydrogen) atoms. The molecule has 1 aromatic carbocycles. The Bertz CT molecular complexity index is 186. The Balaban J connectivity index is 2.75. The summed E-state index contributed by atoms with van der Waals surface area (Å²) >= 11 is 5.93. The van der Waals surface area contributed by atoms with Crippen LogP contribution in [-0.2, 0) is 0 Å². The van der Waals surface area contributed by atoms with Crippen molar-refractivity contribution in [2.45, 2.75) is 5.38 Å². The minimum absolute atomic E-state index is 0.0706. The van der Waals surface area contributed by atoms with Gasteiger partial charge in [0.1, 0.15) is 5.38 Å². The summed E-state index contributed by atoms with van der Waals surface area (Å²) < 4.78 is 0. The Morgan fingerprint density at radius 3 is 2.40 bits per heavy atom. The third-order valence-corrected chi connectivity index (χ3v) is 1.88. The number of hydrogen-bond acceptors (Lipinski definition) is 0. The van der Waals surface area contributed by atoms with E-state index in [4.69, 9.17) is 11.6 Å². The summed E-state index contributed by atoms with van der Waals surface area (Å²) in [6, 6.07) is 9.99. The normalized spacial score (nSPS) is 13.0. The van der Waals surface area contributed by atoms with Gasteiger partial charge in [-0.3, -0.25) is 0 Å². The number of benzene rings is 1. The van der Waals surface area contributed by atoms with Gasteiger partial charge in [-0.05, 0) is 5.56 Å². The van der Waals surface area contributed by atoms with Gasteiger partial charge in [0.05, 0.1) is 6.54 Å². The maximum Gasteiger partial charge on any atom is 0.107 e. The number of alkyl halides is 1. The zero-order valence-corrected chi connectivity index (χ0v) is 6.51. The fraction of sp³-hybridized carbons (Fsp3) is 0.250. The molecular formula is C8H11ClN+.